The van der Waals surface area contributed by atoms with Gasteiger partial charge in [-0.15, -0.1) is 0 Å². The number of carbonyl (C=O) groups is 2. The maximum absolute atomic E-state index is 14.1. The van der Waals surface area contributed by atoms with E-state index in [2.05, 4.69) is 5.32 Å². The van der Waals surface area contributed by atoms with E-state index in [1.54, 1.807) is 30.3 Å². The number of nitrogens with one attached hydrogen (secondary N) is 1. The molecule has 4 nitrogen and oxygen atoms in total. The minimum absolute atomic E-state index is 0.0418. The summed E-state index contributed by atoms with van der Waals surface area (Å²) in [7, 11) is 0. The van der Waals surface area contributed by atoms with Gasteiger partial charge in [-0.2, -0.15) is 8.78 Å². The molecule has 118 valence electrons. The Bertz CT molecular complexity index is 775. The van der Waals surface area contributed by atoms with Crippen LogP contribution in [-0.4, -0.2) is 11.9 Å². The number of anilines is 1. The molecule has 0 aromatic heterocycles. The summed E-state index contributed by atoms with van der Waals surface area (Å²) in [4.78, 5) is 23.5. The van der Waals surface area contributed by atoms with Crippen molar-refractivity contribution in [3.63, 3.8) is 0 Å². The molecule has 3 rings (SSSR count). The Labute approximate surface area is 131 Å². The molecule has 1 N–H and O–H groups in total. The minimum Gasteiger partial charge on any atom is -0.454 e. The van der Waals surface area contributed by atoms with Gasteiger partial charge in [0.15, 0.2) is 0 Å². The predicted molar refractivity (Wildman–Crippen MR) is 79.2 cm³/mol. The van der Waals surface area contributed by atoms with E-state index in [1.165, 1.54) is 25.1 Å². The van der Waals surface area contributed by atoms with Gasteiger partial charge in [0.05, 0.1) is 16.8 Å². The molecule has 0 bridgehead atoms. The number of rotatable bonds is 3. The van der Waals surface area contributed by atoms with Gasteiger partial charge in [-0.1, -0.05) is 30.3 Å². The van der Waals surface area contributed by atoms with Crippen LogP contribution in [0.3, 0.4) is 0 Å². The van der Waals surface area contributed by atoms with Crippen LogP contribution in [-0.2, 0) is 15.5 Å². The Kier molecular flexibility index (Phi) is 3.60. The Hall–Kier alpha value is -2.76. The summed E-state index contributed by atoms with van der Waals surface area (Å²) >= 11 is 0. The molecule has 2 aromatic carbocycles. The summed E-state index contributed by atoms with van der Waals surface area (Å²) in [5.41, 5.74) is 0.0430. The molecule has 6 heteroatoms. The Morgan fingerprint density at radius 3 is 2.52 bits per heavy atom. The lowest BCUT2D eigenvalue weighted by Crippen LogP contribution is -2.25. The van der Waals surface area contributed by atoms with Crippen LogP contribution < -0.4 is 5.32 Å². The summed E-state index contributed by atoms with van der Waals surface area (Å²) in [6.07, 6.45) is -0.920. The van der Waals surface area contributed by atoms with E-state index in [0.29, 0.717) is 5.56 Å². The van der Waals surface area contributed by atoms with Gasteiger partial charge in [0.1, 0.15) is 6.10 Å². The number of carbonyl (C=O) groups excluding carboxylic acids is 2. The molecule has 1 heterocycles. The molecule has 0 unspecified atom stereocenters. The molecule has 1 aliphatic heterocycles. The average molecular weight is 317 g/mol. The number of ether oxygens (including phenoxy) is 1. The molecule has 2 aromatic rings. The van der Waals surface area contributed by atoms with E-state index in [4.69, 9.17) is 4.74 Å². The van der Waals surface area contributed by atoms with Gasteiger partial charge in [-0.05, 0) is 25.1 Å². The first-order chi connectivity index (χ1) is 10.9. The second kappa shape index (κ2) is 5.46. The number of hydrogen-bond acceptors (Lipinski definition) is 3. The van der Waals surface area contributed by atoms with Gasteiger partial charge < -0.3 is 10.1 Å². The van der Waals surface area contributed by atoms with Gasteiger partial charge in [0.2, 0.25) is 0 Å². The van der Waals surface area contributed by atoms with Crippen LogP contribution in [0.25, 0.3) is 0 Å². The normalized spacial score (nSPS) is 16.4. The first-order valence-electron chi connectivity index (χ1n) is 7.00. The highest BCUT2D eigenvalue weighted by Crippen LogP contribution is 2.44. The Morgan fingerprint density at radius 1 is 1.13 bits per heavy atom. The van der Waals surface area contributed by atoms with E-state index in [0.717, 1.165) is 0 Å². The van der Waals surface area contributed by atoms with Crippen molar-refractivity contribution in [3.8, 4) is 0 Å². The lowest BCUT2D eigenvalue weighted by molar-refractivity contribution is -0.139. The predicted octanol–water partition coefficient (Wildman–Crippen LogP) is 3.65. The van der Waals surface area contributed by atoms with Crippen LogP contribution in [0.2, 0.25) is 0 Å². The van der Waals surface area contributed by atoms with Crippen molar-refractivity contribution >= 4 is 17.6 Å². The summed E-state index contributed by atoms with van der Waals surface area (Å²) in [6, 6.07) is 12.6. The van der Waals surface area contributed by atoms with Crippen molar-refractivity contribution in [1.29, 1.82) is 0 Å². The van der Waals surface area contributed by atoms with E-state index in [1.807, 2.05) is 0 Å². The van der Waals surface area contributed by atoms with Crippen molar-refractivity contribution in [2.24, 2.45) is 0 Å². The fraction of sp³-hybridized carbons (Fsp3) is 0.176. The highest BCUT2D eigenvalue weighted by Gasteiger charge is 2.50. The lowest BCUT2D eigenvalue weighted by Gasteiger charge is -2.18. The molecule has 0 fully saturated rings. The molecule has 0 saturated heterocycles. The Balaban J connectivity index is 1.91. The maximum Gasteiger partial charge on any atom is 0.352 e. The van der Waals surface area contributed by atoms with Crippen LogP contribution in [0, 0.1) is 0 Å². The first kappa shape index (κ1) is 15.1. The third-order valence-corrected chi connectivity index (χ3v) is 3.68. The van der Waals surface area contributed by atoms with Crippen molar-refractivity contribution in [2.45, 2.75) is 19.0 Å². The number of halogens is 2. The van der Waals surface area contributed by atoms with E-state index in [-0.39, 0.29) is 11.3 Å². The molecule has 1 aliphatic rings. The third-order valence-electron chi connectivity index (χ3n) is 3.68. The van der Waals surface area contributed by atoms with Gasteiger partial charge in [-0.3, -0.25) is 4.79 Å². The van der Waals surface area contributed by atoms with Gasteiger partial charge in [-0.25, -0.2) is 4.79 Å². The average Bonchev–Trinajstić information content (AvgIpc) is 2.78. The molecular formula is C17H13F2NO3. The molecule has 1 amide bonds. The van der Waals surface area contributed by atoms with Crippen molar-refractivity contribution in [3.05, 3.63) is 65.2 Å². The first-order valence-corrected chi connectivity index (χ1v) is 7.00. The zero-order valence-electron chi connectivity index (χ0n) is 12.2. The smallest absolute Gasteiger partial charge is 0.352 e. The zero-order chi connectivity index (χ0) is 16.6. The molecule has 0 spiro atoms. The van der Waals surface area contributed by atoms with E-state index in [9.17, 15) is 18.4 Å². The highest BCUT2D eigenvalue weighted by molar-refractivity contribution is 6.04. The SMILES string of the molecule is C[C@H](OC(=O)c1ccccc1)c1cccc2c1C(F)(F)C(=O)N2. The number of hydrogen-bond donors (Lipinski definition) is 1. The number of alkyl halides is 2. The topological polar surface area (TPSA) is 55.4 Å². The third kappa shape index (κ3) is 2.56. The summed E-state index contributed by atoms with van der Waals surface area (Å²) in [5.74, 6) is -5.63. The summed E-state index contributed by atoms with van der Waals surface area (Å²) in [5, 5.41) is 2.14. The van der Waals surface area contributed by atoms with Gasteiger partial charge in [0, 0.05) is 5.56 Å². The molecule has 0 saturated carbocycles. The van der Waals surface area contributed by atoms with Crippen LogP contribution in [0.4, 0.5) is 14.5 Å². The summed E-state index contributed by atoms with van der Waals surface area (Å²) in [6.45, 7) is 1.50. The van der Waals surface area contributed by atoms with Crippen molar-refractivity contribution in [2.75, 3.05) is 5.32 Å². The zero-order valence-corrected chi connectivity index (χ0v) is 12.2. The number of esters is 1. The monoisotopic (exact) mass is 317 g/mol. The molecular weight excluding hydrogens is 304 g/mol. The largest absolute Gasteiger partial charge is 0.454 e. The quantitative estimate of drug-likeness (QED) is 0.879. The van der Waals surface area contributed by atoms with Crippen LogP contribution in [0.5, 0.6) is 0 Å². The minimum atomic E-state index is -3.64. The van der Waals surface area contributed by atoms with Crippen LogP contribution in [0.1, 0.15) is 34.5 Å². The highest BCUT2D eigenvalue weighted by atomic mass is 19.3. The summed E-state index contributed by atoms with van der Waals surface area (Å²) < 4.78 is 33.4. The Morgan fingerprint density at radius 2 is 1.83 bits per heavy atom. The molecule has 23 heavy (non-hydrogen) atoms. The fourth-order valence-corrected chi connectivity index (χ4v) is 2.54. The maximum atomic E-state index is 14.1. The van der Waals surface area contributed by atoms with Crippen molar-refractivity contribution in [1.82, 2.24) is 0 Å². The second-order valence-corrected chi connectivity index (χ2v) is 5.21. The molecule has 0 radical (unpaired) electrons. The van der Waals surface area contributed by atoms with Crippen LogP contribution in [0.15, 0.2) is 48.5 Å². The van der Waals surface area contributed by atoms with Crippen LogP contribution >= 0.6 is 0 Å². The number of benzene rings is 2. The fourth-order valence-electron chi connectivity index (χ4n) is 2.54. The van der Waals surface area contributed by atoms with E-state index < -0.39 is 29.5 Å². The van der Waals surface area contributed by atoms with Crippen molar-refractivity contribution < 1.29 is 23.1 Å². The molecule has 1 atom stereocenters. The second-order valence-electron chi connectivity index (χ2n) is 5.21. The number of amides is 1. The van der Waals surface area contributed by atoms with Gasteiger partial charge in [0.25, 0.3) is 5.91 Å². The lowest BCUT2D eigenvalue weighted by atomic mass is 9.98. The van der Waals surface area contributed by atoms with Gasteiger partial charge >= 0.3 is 11.9 Å². The molecule has 0 aliphatic carbocycles. The van der Waals surface area contributed by atoms with E-state index >= 15 is 0 Å². The number of fused-ring (bicyclic) bond motifs is 1. The standard InChI is InChI=1S/C17H13F2NO3/c1-10(23-15(21)11-6-3-2-4-7-11)12-8-5-9-13-14(12)17(18,19)16(22)20-13/h2-10H,1H3,(H,20,22)/t10-/m0/s1.